The summed E-state index contributed by atoms with van der Waals surface area (Å²) in [5.74, 6) is -0.882. The second-order valence-corrected chi connectivity index (χ2v) is 13.5. The minimum absolute atomic E-state index is 0.0219. The molecule has 0 spiro atoms. The Kier molecular flexibility index (Phi) is 11.3. The summed E-state index contributed by atoms with van der Waals surface area (Å²) in [4.78, 5) is 29.9. The number of ether oxygens (including phenoxy) is 1. The molecule has 0 aromatic heterocycles. The number of anilines is 1. The number of hydrogen-bond acceptors (Lipinski definition) is 5. The number of halogens is 1. The Labute approximate surface area is 276 Å². The first-order chi connectivity index (χ1) is 22.7. The highest BCUT2D eigenvalue weighted by molar-refractivity contribution is 7.92. The highest BCUT2D eigenvalue weighted by Crippen LogP contribution is 2.27. The quantitative estimate of drug-likeness (QED) is 0.176. The maximum absolute atomic E-state index is 14.6. The van der Waals surface area contributed by atoms with E-state index in [1.807, 2.05) is 67.6 Å². The van der Waals surface area contributed by atoms with Gasteiger partial charge in [0.1, 0.15) is 24.2 Å². The van der Waals surface area contributed by atoms with E-state index in [-0.39, 0.29) is 35.5 Å². The van der Waals surface area contributed by atoms with Crippen LogP contribution in [-0.2, 0) is 32.6 Å². The molecule has 0 heterocycles. The van der Waals surface area contributed by atoms with Gasteiger partial charge in [0, 0.05) is 19.0 Å². The SMILES string of the molecule is CCOc1ccc(N(CC(=O)N(Cc2ccccc2)C(Cc2ccccc2)C(=O)NC2CCCC2)S(=O)(=O)c2ccc(F)cc2)cc1. The lowest BCUT2D eigenvalue weighted by Crippen LogP contribution is -2.54. The Morgan fingerprint density at radius 2 is 1.45 bits per heavy atom. The van der Waals surface area contributed by atoms with Crippen molar-refractivity contribution in [1.82, 2.24) is 10.2 Å². The van der Waals surface area contributed by atoms with Crippen molar-refractivity contribution in [2.75, 3.05) is 17.5 Å². The monoisotopic (exact) mass is 657 g/mol. The van der Waals surface area contributed by atoms with Crippen molar-refractivity contribution in [3.8, 4) is 5.75 Å². The Morgan fingerprint density at radius 3 is 2.04 bits per heavy atom. The molecule has 4 aromatic rings. The van der Waals surface area contributed by atoms with Crippen LogP contribution in [0.1, 0.15) is 43.7 Å². The molecule has 1 N–H and O–H groups in total. The smallest absolute Gasteiger partial charge is 0.264 e. The van der Waals surface area contributed by atoms with E-state index in [1.165, 1.54) is 17.0 Å². The van der Waals surface area contributed by atoms with E-state index in [4.69, 9.17) is 4.74 Å². The molecule has 1 saturated carbocycles. The zero-order valence-corrected chi connectivity index (χ0v) is 27.2. The van der Waals surface area contributed by atoms with Gasteiger partial charge in [-0.3, -0.25) is 13.9 Å². The van der Waals surface area contributed by atoms with Gasteiger partial charge in [-0.2, -0.15) is 0 Å². The summed E-state index contributed by atoms with van der Waals surface area (Å²) in [6.07, 6.45) is 4.04. The van der Waals surface area contributed by atoms with Crippen LogP contribution in [0.2, 0.25) is 0 Å². The maximum Gasteiger partial charge on any atom is 0.264 e. The number of rotatable bonds is 14. The lowest BCUT2D eigenvalue weighted by molar-refractivity contribution is -0.140. The Morgan fingerprint density at radius 1 is 0.851 bits per heavy atom. The fourth-order valence-corrected chi connectivity index (χ4v) is 7.25. The van der Waals surface area contributed by atoms with Crippen molar-refractivity contribution in [3.05, 3.63) is 126 Å². The van der Waals surface area contributed by atoms with Crippen molar-refractivity contribution >= 4 is 27.5 Å². The number of hydrogen-bond donors (Lipinski definition) is 1. The average molecular weight is 658 g/mol. The first kappa shape index (κ1) is 33.7. The topological polar surface area (TPSA) is 96.0 Å². The van der Waals surface area contributed by atoms with Crippen LogP contribution in [0, 0.1) is 5.82 Å². The average Bonchev–Trinajstić information content (AvgIpc) is 3.60. The third-order valence-electron chi connectivity index (χ3n) is 8.28. The highest BCUT2D eigenvalue weighted by atomic mass is 32.2. The molecule has 5 rings (SSSR count). The molecule has 0 saturated heterocycles. The number of sulfonamides is 1. The lowest BCUT2D eigenvalue weighted by atomic mass is 10.0. The number of nitrogens with one attached hydrogen (secondary N) is 1. The van der Waals surface area contributed by atoms with Gasteiger partial charge in [-0.1, -0.05) is 73.5 Å². The third kappa shape index (κ3) is 8.77. The second kappa shape index (κ2) is 15.7. The van der Waals surface area contributed by atoms with E-state index in [2.05, 4.69) is 5.32 Å². The van der Waals surface area contributed by atoms with Crippen LogP contribution in [0.25, 0.3) is 0 Å². The van der Waals surface area contributed by atoms with Gasteiger partial charge in [-0.15, -0.1) is 0 Å². The standard InChI is InChI=1S/C37H40FN3O5S/c1-2-46-33-21-19-32(20-22-33)41(47(44,45)34-23-17-30(38)18-24-34)27-36(42)40(26-29-13-7-4-8-14-29)35(25-28-11-5-3-6-12-28)37(43)39-31-15-9-10-16-31/h3-8,11-14,17-24,31,35H,2,9-10,15-16,25-27H2,1H3,(H,39,43). The zero-order chi connectivity index (χ0) is 33.2. The van der Waals surface area contributed by atoms with Crippen LogP contribution in [0.4, 0.5) is 10.1 Å². The van der Waals surface area contributed by atoms with Crippen LogP contribution < -0.4 is 14.4 Å². The minimum atomic E-state index is -4.34. The number of carbonyl (C=O) groups is 2. The fraction of sp³-hybridized carbons (Fsp3) is 0.297. The van der Waals surface area contributed by atoms with E-state index in [9.17, 15) is 22.4 Å². The van der Waals surface area contributed by atoms with Gasteiger partial charge in [-0.25, -0.2) is 12.8 Å². The van der Waals surface area contributed by atoms with Crippen molar-refractivity contribution in [3.63, 3.8) is 0 Å². The third-order valence-corrected chi connectivity index (χ3v) is 10.1. The molecule has 47 heavy (non-hydrogen) atoms. The first-order valence-electron chi connectivity index (χ1n) is 15.9. The molecule has 1 unspecified atom stereocenters. The fourth-order valence-electron chi connectivity index (χ4n) is 5.84. The van der Waals surface area contributed by atoms with E-state index in [0.717, 1.165) is 53.2 Å². The highest BCUT2D eigenvalue weighted by Gasteiger charge is 2.35. The molecule has 10 heteroatoms. The molecule has 246 valence electrons. The van der Waals surface area contributed by atoms with Crippen LogP contribution in [0.15, 0.2) is 114 Å². The van der Waals surface area contributed by atoms with Crippen molar-refractivity contribution in [2.45, 2.75) is 62.6 Å². The summed E-state index contributed by atoms with van der Waals surface area (Å²) >= 11 is 0. The van der Waals surface area contributed by atoms with Crippen LogP contribution in [0.3, 0.4) is 0 Å². The molecule has 1 fully saturated rings. The van der Waals surface area contributed by atoms with Crippen LogP contribution in [0.5, 0.6) is 5.75 Å². The summed E-state index contributed by atoms with van der Waals surface area (Å²) in [6, 6.07) is 28.8. The van der Waals surface area contributed by atoms with Gasteiger partial charge in [0.25, 0.3) is 10.0 Å². The van der Waals surface area contributed by atoms with E-state index in [0.29, 0.717) is 12.4 Å². The maximum atomic E-state index is 14.6. The molecule has 1 aliphatic carbocycles. The van der Waals surface area contributed by atoms with Gasteiger partial charge in [0.05, 0.1) is 17.2 Å². The number of carbonyl (C=O) groups excluding carboxylic acids is 2. The van der Waals surface area contributed by atoms with Crippen molar-refractivity contribution in [2.24, 2.45) is 0 Å². The molecule has 0 aliphatic heterocycles. The van der Waals surface area contributed by atoms with Crippen LogP contribution in [-0.4, -0.2) is 50.4 Å². The summed E-state index contributed by atoms with van der Waals surface area (Å²) in [5.41, 5.74) is 1.88. The lowest BCUT2D eigenvalue weighted by Gasteiger charge is -2.34. The number of amides is 2. The first-order valence-corrected chi connectivity index (χ1v) is 17.4. The summed E-state index contributed by atoms with van der Waals surface area (Å²) < 4.78 is 48.6. The zero-order valence-electron chi connectivity index (χ0n) is 26.4. The Bertz CT molecular complexity index is 1710. The number of benzene rings is 4. The summed E-state index contributed by atoms with van der Waals surface area (Å²) in [5, 5.41) is 3.17. The molecule has 4 aromatic carbocycles. The molecular formula is C37H40FN3O5S. The number of nitrogens with zero attached hydrogens (tertiary/aromatic N) is 2. The predicted octanol–water partition coefficient (Wildman–Crippen LogP) is 6.12. The van der Waals surface area contributed by atoms with Gasteiger partial charge >= 0.3 is 0 Å². The van der Waals surface area contributed by atoms with E-state index >= 15 is 0 Å². The summed E-state index contributed by atoms with van der Waals surface area (Å²) in [6.45, 7) is 1.76. The predicted molar refractivity (Wildman–Crippen MR) is 180 cm³/mol. The van der Waals surface area contributed by atoms with Crippen molar-refractivity contribution in [1.29, 1.82) is 0 Å². The van der Waals surface area contributed by atoms with E-state index in [1.54, 1.807) is 24.3 Å². The Balaban J connectivity index is 1.55. The molecule has 1 atom stereocenters. The molecule has 1 aliphatic rings. The van der Waals surface area contributed by atoms with Gasteiger partial charge in [-0.05, 0) is 79.4 Å². The van der Waals surface area contributed by atoms with Crippen LogP contribution >= 0.6 is 0 Å². The molecule has 2 amide bonds. The van der Waals surface area contributed by atoms with E-state index < -0.39 is 34.3 Å². The molecule has 0 radical (unpaired) electrons. The minimum Gasteiger partial charge on any atom is -0.494 e. The van der Waals surface area contributed by atoms with Gasteiger partial charge < -0.3 is 15.0 Å². The molecule has 0 bridgehead atoms. The molecular weight excluding hydrogens is 617 g/mol. The normalized spacial score (nSPS) is 13.9. The summed E-state index contributed by atoms with van der Waals surface area (Å²) in [7, 11) is -4.34. The van der Waals surface area contributed by atoms with Gasteiger partial charge in [0.2, 0.25) is 11.8 Å². The second-order valence-electron chi connectivity index (χ2n) is 11.6. The molecule has 8 nitrogen and oxygen atoms in total. The van der Waals surface area contributed by atoms with Gasteiger partial charge in [0.15, 0.2) is 0 Å². The Hall–Kier alpha value is -4.70. The van der Waals surface area contributed by atoms with Crippen molar-refractivity contribution < 1.29 is 27.1 Å². The largest absolute Gasteiger partial charge is 0.494 e.